The first-order chi connectivity index (χ1) is 11.0. The van der Waals surface area contributed by atoms with E-state index in [4.69, 9.17) is 4.74 Å². The van der Waals surface area contributed by atoms with Crippen molar-refractivity contribution in [2.75, 3.05) is 12.5 Å². The summed E-state index contributed by atoms with van der Waals surface area (Å²) in [6, 6.07) is 11.1. The fourth-order valence-electron chi connectivity index (χ4n) is 2.03. The van der Waals surface area contributed by atoms with Gasteiger partial charge >= 0.3 is 11.9 Å². The predicted molar refractivity (Wildman–Crippen MR) is 88.9 cm³/mol. The van der Waals surface area contributed by atoms with Crippen LogP contribution in [-0.4, -0.2) is 33.8 Å². The molecule has 0 amide bonds. The Labute approximate surface area is 140 Å². The minimum atomic E-state index is -1.62. The number of aromatic carboxylic acids is 1. The lowest BCUT2D eigenvalue weighted by Crippen LogP contribution is -2.13. The lowest BCUT2D eigenvalue weighted by Gasteiger charge is -2.12. The van der Waals surface area contributed by atoms with E-state index >= 15 is 0 Å². The molecular weight excluding hydrogens is 336 g/mol. The zero-order chi connectivity index (χ0) is 17.0. The molecule has 0 bridgehead atoms. The molecule has 2 aromatic rings. The molecule has 0 aliphatic carbocycles. The number of hydrogen-bond donors (Lipinski definition) is 1. The smallest absolute Gasteiger partial charge is 0.344 e. The normalized spacial score (nSPS) is 11.7. The standard InChI is InChI=1S/C16H14O5S2/c1-22-13-9-4-3-6-10(13)16(19)21-12-8-5-7-11(15(17)18)14(12)23(2)20/h3-9H,1-2H3,(H,17,18). The number of rotatable bonds is 5. The highest BCUT2D eigenvalue weighted by molar-refractivity contribution is 7.98. The number of carbonyl (C=O) groups is 2. The van der Waals surface area contributed by atoms with Gasteiger partial charge < -0.3 is 9.84 Å². The molecule has 23 heavy (non-hydrogen) atoms. The molecule has 2 aromatic carbocycles. The van der Waals surface area contributed by atoms with Crippen molar-refractivity contribution in [2.45, 2.75) is 9.79 Å². The molecule has 7 heteroatoms. The quantitative estimate of drug-likeness (QED) is 0.507. The number of hydrogen-bond acceptors (Lipinski definition) is 5. The maximum atomic E-state index is 12.4. The van der Waals surface area contributed by atoms with Crippen molar-refractivity contribution in [2.24, 2.45) is 0 Å². The van der Waals surface area contributed by atoms with Crippen LogP contribution in [0.3, 0.4) is 0 Å². The van der Waals surface area contributed by atoms with Gasteiger partial charge in [0.05, 0.1) is 26.8 Å². The Bertz CT molecular complexity index is 786. The van der Waals surface area contributed by atoms with Crippen molar-refractivity contribution in [1.29, 1.82) is 0 Å². The summed E-state index contributed by atoms with van der Waals surface area (Å²) in [5.74, 6) is -1.85. The number of esters is 1. The van der Waals surface area contributed by atoms with Gasteiger partial charge in [0, 0.05) is 11.2 Å². The molecule has 0 fully saturated rings. The Kier molecular flexibility index (Phi) is 5.57. The van der Waals surface area contributed by atoms with Crippen LogP contribution in [0.1, 0.15) is 20.7 Å². The first-order valence-corrected chi connectivity index (χ1v) is 9.29. The Morgan fingerprint density at radius 3 is 2.35 bits per heavy atom. The number of benzene rings is 2. The molecule has 1 N–H and O–H groups in total. The Morgan fingerprint density at radius 1 is 1.09 bits per heavy atom. The van der Waals surface area contributed by atoms with Crippen molar-refractivity contribution in [3.05, 3.63) is 53.6 Å². The molecule has 2 rings (SSSR count). The molecule has 0 radical (unpaired) electrons. The monoisotopic (exact) mass is 350 g/mol. The van der Waals surface area contributed by atoms with Crippen molar-refractivity contribution >= 4 is 34.5 Å². The zero-order valence-electron chi connectivity index (χ0n) is 12.4. The molecule has 0 saturated heterocycles. The number of carboxylic acid groups (broad SMARTS) is 1. The van der Waals surface area contributed by atoms with Crippen LogP contribution in [0, 0.1) is 0 Å². The maximum Gasteiger partial charge on any atom is 0.344 e. The summed E-state index contributed by atoms with van der Waals surface area (Å²) >= 11 is 1.40. The fraction of sp³-hybridized carbons (Fsp3) is 0.125. The highest BCUT2D eigenvalue weighted by Crippen LogP contribution is 2.28. The molecule has 1 atom stereocenters. The highest BCUT2D eigenvalue weighted by Gasteiger charge is 2.21. The third-order valence-corrected chi connectivity index (χ3v) is 4.82. The number of ether oxygens (including phenoxy) is 1. The second-order valence-electron chi connectivity index (χ2n) is 4.48. The lowest BCUT2D eigenvalue weighted by atomic mass is 10.2. The third-order valence-electron chi connectivity index (χ3n) is 3.03. The van der Waals surface area contributed by atoms with E-state index in [9.17, 15) is 18.9 Å². The van der Waals surface area contributed by atoms with E-state index in [0.29, 0.717) is 5.56 Å². The number of carbonyl (C=O) groups excluding carboxylic acids is 1. The summed E-state index contributed by atoms with van der Waals surface area (Å²) in [5.41, 5.74) is 0.225. The summed E-state index contributed by atoms with van der Waals surface area (Å²) in [7, 11) is -1.62. The first kappa shape index (κ1) is 17.2. The first-order valence-electron chi connectivity index (χ1n) is 6.50. The summed E-state index contributed by atoms with van der Waals surface area (Å²) < 4.78 is 17.2. The molecule has 120 valence electrons. The van der Waals surface area contributed by atoms with Gasteiger partial charge in [0.1, 0.15) is 5.75 Å². The van der Waals surface area contributed by atoms with E-state index in [0.717, 1.165) is 4.90 Å². The molecule has 0 aliphatic rings. The molecule has 0 heterocycles. The molecule has 5 nitrogen and oxygen atoms in total. The lowest BCUT2D eigenvalue weighted by molar-refractivity contribution is 0.0679. The van der Waals surface area contributed by atoms with E-state index in [-0.39, 0.29) is 16.2 Å². The van der Waals surface area contributed by atoms with Crippen LogP contribution in [0.5, 0.6) is 5.75 Å². The predicted octanol–water partition coefficient (Wildman–Crippen LogP) is 3.06. The molecule has 0 saturated carbocycles. The van der Waals surface area contributed by atoms with Crippen LogP contribution in [0.2, 0.25) is 0 Å². The summed E-state index contributed by atoms with van der Waals surface area (Å²) in [6.07, 6.45) is 3.18. The van der Waals surface area contributed by atoms with Crippen molar-refractivity contribution in [3.8, 4) is 5.75 Å². The number of thioether (sulfide) groups is 1. The van der Waals surface area contributed by atoms with Crippen LogP contribution in [-0.2, 0) is 10.8 Å². The molecule has 1 unspecified atom stereocenters. The average molecular weight is 350 g/mol. The Morgan fingerprint density at radius 2 is 1.74 bits per heavy atom. The average Bonchev–Trinajstić information content (AvgIpc) is 2.54. The minimum absolute atomic E-state index is 0.00465. The van der Waals surface area contributed by atoms with Crippen LogP contribution >= 0.6 is 11.8 Å². The number of carboxylic acids is 1. The van der Waals surface area contributed by atoms with E-state index in [1.54, 1.807) is 24.3 Å². The van der Waals surface area contributed by atoms with Gasteiger partial charge in [-0.2, -0.15) is 0 Å². The van der Waals surface area contributed by atoms with Crippen molar-refractivity contribution in [1.82, 2.24) is 0 Å². The van der Waals surface area contributed by atoms with Gasteiger partial charge in [-0.3, -0.25) is 4.21 Å². The van der Waals surface area contributed by atoms with E-state index in [1.165, 1.54) is 36.2 Å². The van der Waals surface area contributed by atoms with Crippen LogP contribution in [0.4, 0.5) is 0 Å². The molecular formula is C16H14O5S2. The second kappa shape index (κ2) is 7.43. The minimum Gasteiger partial charge on any atom is -0.478 e. The van der Waals surface area contributed by atoms with Gasteiger partial charge in [0.15, 0.2) is 0 Å². The second-order valence-corrected chi connectivity index (χ2v) is 6.65. The molecule has 0 spiro atoms. The summed E-state index contributed by atoms with van der Waals surface area (Å²) in [4.78, 5) is 24.4. The SMILES string of the molecule is CSc1ccccc1C(=O)Oc1cccc(C(=O)O)c1S(C)=O. The third kappa shape index (κ3) is 3.80. The Hall–Kier alpha value is -2.12. The summed E-state index contributed by atoms with van der Waals surface area (Å²) in [6.45, 7) is 0. The van der Waals surface area contributed by atoms with Gasteiger partial charge in [0.2, 0.25) is 0 Å². The van der Waals surface area contributed by atoms with E-state index in [1.807, 2.05) is 6.26 Å². The maximum absolute atomic E-state index is 12.4. The van der Waals surface area contributed by atoms with Gasteiger partial charge in [-0.25, -0.2) is 9.59 Å². The van der Waals surface area contributed by atoms with E-state index in [2.05, 4.69) is 0 Å². The largest absolute Gasteiger partial charge is 0.478 e. The van der Waals surface area contributed by atoms with Crippen LogP contribution in [0.25, 0.3) is 0 Å². The van der Waals surface area contributed by atoms with Gasteiger partial charge in [0.25, 0.3) is 0 Å². The van der Waals surface area contributed by atoms with Crippen LogP contribution in [0.15, 0.2) is 52.3 Å². The Balaban J connectivity index is 2.44. The van der Waals surface area contributed by atoms with Gasteiger partial charge in [-0.1, -0.05) is 18.2 Å². The van der Waals surface area contributed by atoms with Crippen LogP contribution < -0.4 is 4.74 Å². The molecule has 0 aliphatic heterocycles. The van der Waals surface area contributed by atoms with Crippen molar-refractivity contribution < 1.29 is 23.6 Å². The zero-order valence-corrected chi connectivity index (χ0v) is 14.1. The summed E-state index contributed by atoms with van der Waals surface area (Å²) in [5, 5.41) is 9.19. The molecule has 0 aromatic heterocycles. The van der Waals surface area contributed by atoms with Crippen molar-refractivity contribution in [3.63, 3.8) is 0 Å². The van der Waals surface area contributed by atoms with E-state index < -0.39 is 22.7 Å². The van der Waals surface area contributed by atoms with Gasteiger partial charge in [-0.05, 0) is 30.5 Å². The fourth-order valence-corrected chi connectivity index (χ4v) is 3.47. The highest BCUT2D eigenvalue weighted by atomic mass is 32.2. The topological polar surface area (TPSA) is 80.7 Å². The van der Waals surface area contributed by atoms with Gasteiger partial charge in [-0.15, -0.1) is 11.8 Å².